The van der Waals surface area contributed by atoms with Gasteiger partial charge < -0.3 is 9.47 Å². The van der Waals surface area contributed by atoms with Gasteiger partial charge in [-0.25, -0.2) is 14.3 Å². The first-order chi connectivity index (χ1) is 12.6. The summed E-state index contributed by atoms with van der Waals surface area (Å²) in [7, 11) is 0. The Labute approximate surface area is 150 Å². The molecule has 0 N–H and O–H groups in total. The lowest BCUT2D eigenvalue weighted by molar-refractivity contribution is -0.137. The van der Waals surface area contributed by atoms with Crippen molar-refractivity contribution in [1.29, 1.82) is 5.26 Å². The van der Waals surface area contributed by atoms with Crippen LogP contribution in [-0.4, -0.2) is 34.9 Å². The second kappa shape index (κ2) is 8.99. The summed E-state index contributed by atoms with van der Waals surface area (Å²) in [5, 5.41) is 13.5. The molecule has 1 aromatic carbocycles. The van der Waals surface area contributed by atoms with Crippen LogP contribution in [0.2, 0.25) is 0 Å². The van der Waals surface area contributed by atoms with Crippen LogP contribution in [0.25, 0.3) is 11.8 Å². The van der Waals surface area contributed by atoms with E-state index in [0.717, 1.165) is 0 Å². The van der Waals surface area contributed by atoms with Crippen LogP contribution >= 0.6 is 0 Å². The second-order valence-corrected chi connectivity index (χ2v) is 4.99. The van der Waals surface area contributed by atoms with Crippen molar-refractivity contribution in [2.24, 2.45) is 0 Å². The first-order valence-corrected chi connectivity index (χ1v) is 7.82. The number of hydrogen-bond donors (Lipinski definition) is 0. The summed E-state index contributed by atoms with van der Waals surface area (Å²) >= 11 is 0. The summed E-state index contributed by atoms with van der Waals surface area (Å²) in [6.07, 6.45) is 4.19. The number of nitrogens with zero attached hydrogens (tertiary/aromatic N) is 3. The molecule has 0 saturated heterocycles. The molecule has 7 nitrogen and oxygen atoms in total. The first kappa shape index (κ1) is 18.7. The first-order valence-electron chi connectivity index (χ1n) is 7.82. The van der Waals surface area contributed by atoms with Gasteiger partial charge in [0, 0.05) is 11.8 Å². The van der Waals surface area contributed by atoms with Gasteiger partial charge in [-0.05, 0) is 25.1 Å². The van der Waals surface area contributed by atoms with Crippen LogP contribution in [0.5, 0.6) is 0 Å². The molecule has 1 aromatic heterocycles. The Morgan fingerprint density at radius 3 is 2.65 bits per heavy atom. The summed E-state index contributed by atoms with van der Waals surface area (Å²) in [4.78, 5) is 24.1. The predicted molar refractivity (Wildman–Crippen MR) is 94.3 cm³/mol. The van der Waals surface area contributed by atoms with Crippen LogP contribution in [0.4, 0.5) is 0 Å². The standard InChI is InChI=1S/C19H17N3O4/c1-3-10-26-18(23)14(12-20)11-15-13-22(16-8-6-5-7-9-16)21-17(15)19(24)25-4-2/h3,5-9,11,13H,1,4,10H2,2H3/b14-11-. The molecule has 2 rings (SSSR count). The molecule has 0 fully saturated rings. The number of ether oxygens (including phenoxy) is 2. The number of benzene rings is 1. The Morgan fingerprint density at radius 1 is 1.31 bits per heavy atom. The van der Waals surface area contributed by atoms with Crippen LogP contribution in [0.3, 0.4) is 0 Å². The summed E-state index contributed by atoms with van der Waals surface area (Å²) in [6.45, 7) is 5.27. The molecule has 0 unspecified atom stereocenters. The highest BCUT2D eigenvalue weighted by Gasteiger charge is 2.20. The third kappa shape index (κ3) is 4.45. The molecule has 0 bridgehead atoms. The van der Waals surface area contributed by atoms with E-state index in [1.807, 2.05) is 18.2 Å². The molecule has 0 saturated carbocycles. The fourth-order valence-electron chi connectivity index (χ4n) is 2.07. The zero-order chi connectivity index (χ0) is 18.9. The van der Waals surface area contributed by atoms with Gasteiger partial charge in [-0.3, -0.25) is 0 Å². The number of hydrogen-bond acceptors (Lipinski definition) is 6. The maximum atomic E-state index is 12.2. The molecule has 0 spiro atoms. The van der Waals surface area contributed by atoms with Gasteiger partial charge >= 0.3 is 11.9 Å². The molecule has 1 heterocycles. The molecular formula is C19H17N3O4. The lowest BCUT2D eigenvalue weighted by atomic mass is 10.1. The third-order valence-electron chi connectivity index (χ3n) is 3.20. The molecule has 0 atom stereocenters. The van der Waals surface area contributed by atoms with E-state index >= 15 is 0 Å². The molecule has 0 aliphatic rings. The number of rotatable bonds is 7. The quantitative estimate of drug-likeness (QED) is 0.329. The van der Waals surface area contributed by atoms with E-state index in [2.05, 4.69) is 11.7 Å². The van der Waals surface area contributed by atoms with Crippen LogP contribution in [0.15, 0.2) is 54.8 Å². The monoisotopic (exact) mass is 351 g/mol. The SMILES string of the molecule is C=CCOC(=O)/C(C#N)=C\c1cn(-c2ccccc2)nc1C(=O)OCC. The number of carbonyl (C=O) groups excluding carboxylic acids is 2. The molecule has 7 heteroatoms. The molecular weight excluding hydrogens is 334 g/mol. The highest BCUT2D eigenvalue weighted by atomic mass is 16.5. The van der Waals surface area contributed by atoms with E-state index in [-0.39, 0.29) is 30.0 Å². The molecule has 0 aliphatic carbocycles. The third-order valence-corrected chi connectivity index (χ3v) is 3.20. The largest absolute Gasteiger partial charge is 0.461 e. The summed E-state index contributed by atoms with van der Waals surface area (Å²) in [5.74, 6) is -1.46. The Kier molecular flexibility index (Phi) is 6.46. The minimum atomic E-state index is -0.810. The summed E-state index contributed by atoms with van der Waals surface area (Å²) < 4.78 is 11.3. The normalized spacial score (nSPS) is 10.7. The molecule has 2 aromatic rings. The number of esters is 2. The Morgan fingerprint density at radius 2 is 2.04 bits per heavy atom. The van der Waals surface area contributed by atoms with Crippen molar-refractivity contribution in [3.63, 3.8) is 0 Å². The number of aromatic nitrogens is 2. The average Bonchev–Trinajstić information content (AvgIpc) is 3.09. The lowest BCUT2D eigenvalue weighted by Crippen LogP contribution is -2.09. The van der Waals surface area contributed by atoms with Gasteiger partial charge in [0.2, 0.25) is 0 Å². The van der Waals surface area contributed by atoms with E-state index in [9.17, 15) is 14.9 Å². The van der Waals surface area contributed by atoms with Crippen molar-refractivity contribution in [3.8, 4) is 11.8 Å². The minimum absolute atomic E-state index is 0.0000243. The van der Waals surface area contributed by atoms with Gasteiger partial charge in [0.25, 0.3) is 0 Å². The highest BCUT2D eigenvalue weighted by molar-refractivity contribution is 6.00. The van der Waals surface area contributed by atoms with Crippen molar-refractivity contribution in [1.82, 2.24) is 9.78 Å². The van der Waals surface area contributed by atoms with E-state index in [1.54, 1.807) is 31.3 Å². The van der Waals surface area contributed by atoms with Gasteiger partial charge in [-0.1, -0.05) is 30.9 Å². The zero-order valence-electron chi connectivity index (χ0n) is 14.2. The van der Waals surface area contributed by atoms with Crippen molar-refractivity contribution >= 4 is 18.0 Å². The van der Waals surface area contributed by atoms with Gasteiger partial charge in [0.05, 0.1) is 12.3 Å². The predicted octanol–water partition coefficient (Wildman–Crippen LogP) is 2.69. The van der Waals surface area contributed by atoms with Crippen molar-refractivity contribution in [3.05, 3.63) is 66.0 Å². The van der Waals surface area contributed by atoms with E-state index in [0.29, 0.717) is 5.69 Å². The number of nitriles is 1. The van der Waals surface area contributed by atoms with Gasteiger partial charge in [-0.15, -0.1) is 0 Å². The number of carbonyl (C=O) groups is 2. The van der Waals surface area contributed by atoms with E-state index in [1.165, 1.54) is 16.8 Å². The lowest BCUT2D eigenvalue weighted by Gasteiger charge is -2.01. The van der Waals surface area contributed by atoms with Crippen LogP contribution in [0, 0.1) is 11.3 Å². The molecule has 132 valence electrons. The van der Waals surface area contributed by atoms with Crippen LogP contribution < -0.4 is 0 Å². The minimum Gasteiger partial charge on any atom is -0.461 e. The Balaban J connectivity index is 2.48. The maximum absolute atomic E-state index is 12.2. The fraction of sp³-hybridized carbons (Fsp3) is 0.158. The van der Waals surface area contributed by atoms with Crippen LogP contribution in [-0.2, 0) is 14.3 Å². The maximum Gasteiger partial charge on any atom is 0.359 e. The van der Waals surface area contributed by atoms with E-state index < -0.39 is 11.9 Å². The van der Waals surface area contributed by atoms with Gasteiger partial charge in [-0.2, -0.15) is 10.4 Å². The molecule has 0 aliphatic heterocycles. The Hall–Kier alpha value is -3.66. The molecule has 0 radical (unpaired) electrons. The van der Waals surface area contributed by atoms with Crippen LogP contribution in [0.1, 0.15) is 23.0 Å². The smallest absolute Gasteiger partial charge is 0.359 e. The van der Waals surface area contributed by atoms with Crippen molar-refractivity contribution in [2.45, 2.75) is 6.92 Å². The van der Waals surface area contributed by atoms with E-state index in [4.69, 9.17) is 9.47 Å². The average molecular weight is 351 g/mol. The zero-order valence-corrected chi connectivity index (χ0v) is 14.2. The topological polar surface area (TPSA) is 94.2 Å². The fourth-order valence-corrected chi connectivity index (χ4v) is 2.07. The van der Waals surface area contributed by atoms with Crippen molar-refractivity contribution < 1.29 is 19.1 Å². The van der Waals surface area contributed by atoms with Gasteiger partial charge in [0.1, 0.15) is 18.2 Å². The summed E-state index contributed by atoms with van der Waals surface area (Å²) in [5.41, 5.74) is 0.731. The Bertz CT molecular complexity index is 876. The highest BCUT2D eigenvalue weighted by Crippen LogP contribution is 2.17. The second-order valence-electron chi connectivity index (χ2n) is 4.99. The molecule has 0 amide bonds. The van der Waals surface area contributed by atoms with Crippen molar-refractivity contribution in [2.75, 3.05) is 13.2 Å². The molecule has 26 heavy (non-hydrogen) atoms. The summed E-state index contributed by atoms with van der Waals surface area (Å²) in [6, 6.07) is 10.9. The number of para-hydroxylation sites is 1. The van der Waals surface area contributed by atoms with Gasteiger partial charge in [0.15, 0.2) is 5.69 Å².